The van der Waals surface area contributed by atoms with Crippen LogP contribution in [0.25, 0.3) is 0 Å². The van der Waals surface area contributed by atoms with Gasteiger partial charge in [0, 0.05) is 57.4 Å². The summed E-state index contributed by atoms with van der Waals surface area (Å²) in [6, 6.07) is 4.04. The van der Waals surface area contributed by atoms with Crippen molar-refractivity contribution in [2.45, 2.75) is 70.3 Å². The number of carbonyl (C=O) groups excluding carboxylic acids is 2. The number of nitrogens with one attached hydrogen (secondary N) is 2. The highest BCUT2D eigenvalue weighted by molar-refractivity contribution is 6.01. The maximum absolute atomic E-state index is 14.0. The third-order valence-corrected chi connectivity index (χ3v) is 8.31. The second kappa shape index (κ2) is 10.9. The molecule has 3 aliphatic rings. The van der Waals surface area contributed by atoms with E-state index in [0.717, 1.165) is 0 Å². The molecule has 1 aliphatic heterocycles. The van der Waals surface area contributed by atoms with E-state index in [1.807, 2.05) is 18.7 Å². The summed E-state index contributed by atoms with van der Waals surface area (Å²) in [4.78, 5) is 38.5. The fourth-order valence-corrected chi connectivity index (χ4v) is 6.14. The molecule has 9 nitrogen and oxygen atoms in total. The highest BCUT2D eigenvalue weighted by Gasteiger charge is 2.44. The highest BCUT2D eigenvalue weighted by Crippen LogP contribution is 2.42. The number of hydrogen-bond acceptors (Lipinski definition) is 7. The maximum atomic E-state index is 14.0. The first-order chi connectivity index (χ1) is 19.7. The van der Waals surface area contributed by atoms with Gasteiger partial charge in [0.2, 0.25) is 23.7 Å². The van der Waals surface area contributed by atoms with E-state index in [1.165, 1.54) is 30.3 Å². The Morgan fingerprint density at radius 3 is 2.48 bits per heavy atom. The molecule has 2 N–H and O–H groups in total. The monoisotopic (exact) mass is 592 g/mol. The first-order valence-electron chi connectivity index (χ1n) is 14.1. The zero-order valence-electron chi connectivity index (χ0n) is 24.1. The molecule has 1 aromatic heterocycles. The van der Waals surface area contributed by atoms with Crippen LogP contribution in [-0.2, 0) is 4.79 Å². The molecule has 0 bridgehead atoms. The number of anilines is 4. The molecule has 2 aromatic rings. The number of halogens is 4. The van der Waals surface area contributed by atoms with E-state index in [0.29, 0.717) is 42.5 Å². The number of benzene rings is 1. The Kier molecular flexibility index (Phi) is 7.73. The standard InChI is InChI=1S/C29H36F4N6O3/c1-27(2)16-39(15-17-7-9-28(30,31)12-17)23-21(38(3)25(27)41)14-34-26(37-23)36-20-6-5-18(11-22(20)42-4)24(40)35-19-8-10-29(32,33)13-19/h5-6,11,14,17,19H,7-10,12-13,15-16H2,1-4H3,(H,35,40)(H,34,36,37)/t17-,19-/m1/s1. The van der Waals surface area contributed by atoms with Gasteiger partial charge < -0.3 is 25.2 Å². The van der Waals surface area contributed by atoms with Crippen molar-refractivity contribution in [2.75, 3.05) is 42.4 Å². The first-order valence-corrected chi connectivity index (χ1v) is 14.1. The van der Waals surface area contributed by atoms with Crippen LogP contribution in [0, 0.1) is 11.3 Å². The number of methoxy groups -OCH3 is 1. The van der Waals surface area contributed by atoms with Gasteiger partial charge in [0.05, 0.1) is 24.4 Å². The van der Waals surface area contributed by atoms with Crippen molar-refractivity contribution in [1.82, 2.24) is 15.3 Å². The predicted octanol–water partition coefficient (Wildman–Crippen LogP) is 5.39. The Labute approximate surface area is 242 Å². The van der Waals surface area contributed by atoms with E-state index in [9.17, 15) is 27.2 Å². The summed E-state index contributed by atoms with van der Waals surface area (Å²) in [5, 5.41) is 5.75. The lowest BCUT2D eigenvalue weighted by molar-refractivity contribution is -0.125. The van der Waals surface area contributed by atoms with E-state index >= 15 is 0 Å². The number of carbonyl (C=O) groups is 2. The van der Waals surface area contributed by atoms with Gasteiger partial charge in [-0.2, -0.15) is 4.98 Å². The minimum atomic E-state index is -2.77. The van der Waals surface area contributed by atoms with Gasteiger partial charge in [-0.15, -0.1) is 0 Å². The topological polar surface area (TPSA) is 99.7 Å². The van der Waals surface area contributed by atoms with E-state index in [2.05, 4.69) is 15.6 Å². The molecule has 2 amide bonds. The fraction of sp³-hybridized carbons (Fsp3) is 0.586. The Morgan fingerprint density at radius 1 is 1.12 bits per heavy atom. The molecule has 2 aliphatic carbocycles. The van der Waals surface area contributed by atoms with Crippen molar-refractivity contribution in [3.8, 4) is 5.75 Å². The highest BCUT2D eigenvalue weighted by atomic mass is 19.3. The van der Waals surface area contributed by atoms with Gasteiger partial charge in [-0.25, -0.2) is 22.5 Å². The van der Waals surface area contributed by atoms with Gasteiger partial charge in [-0.3, -0.25) is 9.59 Å². The summed E-state index contributed by atoms with van der Waals surface area (Å²) in [5.41, 5.74) is 0.370. The van der Waals surface area contributed by atoms with Gasteiger partial charge in [0.15, 0.2) is 5.82 Å². The summed E-state index contributed by atoms with van der Waals surface area (Å²) in [6.45, 7) is 4.26. The molecule has 2 atom stereocenters. The van der Waals surface area contributed by atoms with Crippen molar-refractivity contribution < 1.29 is 31.9 Å². The van der Waals surface area contributed by atoms with Crippen LogP contribution in [0.15, 0.2) is 24.4 Å². The molecule has 0 saturated heterocycles. The second-order valence-corrected chi connectivity index (χ2v) is 12.3. The average molecular weight is 593 g/mol. The molecule has 0 spiro atoms. The fourth-order valence-electron chi connectivity index (χ4n) is 6.14. The summed E-state index contributed by atoms with van der Waals surface area (Å²) < 4.78 is 60.6. The zero-order chi connectivity index (χ0) is 30.4. The lowest BCUT2D eigenvalue weighted by Gasteiger charge is -2.31. The van der Waals surface area contributed by atoms with Gasteiger partial charge in [-0.1, -0.05) is 0 Å². The van der Waals surface area contributed by atoms with Crippen molar-refractivity contribution in [3.63, 3.8) is 0 Å². The summed E-state index contributed by atoms with van der Waals surface area (Å²) in [6.07, 6.45) is 1.12. The Balaban J connectivity index is 1.39. The van der Waals surface area contributed by atoms with Crippen LogP contribution in [-0.4, -0.2) is 66.9 Å². The smallest absolute Gasteiger partial charge is 0.251 e. The number of fused-ring (bicyclic) bond motifs is 1. The minimum Gasteiger partial charge on any atom is -0.495 e. The molecule has 1 aromatic carbocycles. The minimum absolute atomic E-state index is 0.135. The lowest BCUT2D eigenvalue weighted by atomic mass is 9.91. The third-order valence-electron chi connectivity index (χ3n) is 8.31. The van der Waals surface area contributed by atoms with E-state index in [-0.39, 0.29) is 55.4 Å². The maximum Gasteiger partial charge on any atom is 0.251 e. The molecule has 5 rings (SSSR count). The molecular formula is C29H36F4N6O3. The van der Waals surface area contributed by atoms with Gasteiger partial charge in [0.1, 0.15) is 11.4 Å². The lowest BCUT2D eigenvalue weighted by Crippen LogP contribution is -2.43. The molecule has 2 saturated carbocycles. The molecule has 228 valence electrons. The Bertz CT molecular complexity index is 1370. The van der Waals surface area contributed by atoms with E-state index in [4.69, 9.17) is 9.72 Å². The summed E-state index contributed by atoms with van der Waals surface area (Å²) in [5.74, 6) is -5.39. The molecule has 42 heavy (non-hydrogen) atoms. The average Bonchev–Trinajstić information content (AvgIpc) is 3.44. The Hall–Kier alpha value is -3.64. The van der Waals surface area contributed by atoms with Gasteiger partial charge in [0.25, 0.3) is 5.91 Å². The normalized spacial score (nSPS) is 24.2. The van der Waals surface area contributed by atoms with Crippen LogP contribution in [0.4, 0.5) is 40.7 Å². The van der Waals surface area contributed by atoms with Gasteiger partial charge in [-0.05, 0) is 50.8 Å². The van der Waals surface area contributed by atoms with Crippen molar-refractivity contribution >= 4 is 35.0 Å². The molecule has 2 fully saturated rings. The number of amides is 2. The van der Waals surface area contributed by atoms with Crippen LogP contribution in [0.3, 0.4) is 0 Å². The SMILES string of the molecule is COc1cc(C(=O)N[C@@H]2CCC(F)(F)C2)ccc1Nc1ncc2c(n1)N(C[C@@H]1CCC(F)(F)C1)CC(C)(C)C(=O)N2C. The second-order valence-electron chi connectivity index (χ2n) is 12.3. The number of rotatable bonds is 7. The molecule has 0 radical (unpaired) electrons. The van der Waals surface area contributed by atoms with Crippen molar-refractivity contribution in [3.05, 3.63) is 30.0 Å². The predicted molar refractivity (Wildman–Crippen MR) is 150 cm³/mol. The molecule has 2 heterocycles. The van der Waals surface area contributed by atoms with Crippen molar-refractivity contribution in [1.29, 1.82) is 0 Å². The number of nitrogens with zero attached hydrogens (tertiary/aromatic N) is 4. The number of hydrogen-bond donors (Lipinski definition) is 2. The molecule has 0 unspecified atom stereocenters. The first kappa shape index (κ1) is 29.8. The number of aromatic nitrogens is 2. The number of ether oxygens (including phenoxy) is 1. The quantitative estimate of drug-likeness (QED) is 0.416. The van der Waals surface area contributed by atoms with Gasteiger partial charge >= 0.3 is 0 Å². The summed E-state index contributed by atoms with van der Waals surface area (Å²) >= 11 is 0. The molecule has 13 heteroatoms. The third kappa shape index (κ3) is 6.24. The zero-order valence-corrected chi connectivity index (χ0v) is 24.1. The van der Waals surface area contributed by atoms with E-state index < -0.39 is 29.2 Å². The van der Waals surface area contributed by atoms with Crippen LogP contribution in [0.1, 0.15) is 62.7 Å². The van der Waals surface area contributed by atoms with Crippen LogP contribution >= 0.6 is 0 Å². The van der Waals surface area contributed by atoms with Crippen LogP contribution < -0.4 is 25.2 Å². The Morgan fingerprint density at radius 2 is 1.83 bits per heavy atom. The largest absolute Gasteiger partial charge is 0.495 e. The van der Waals surface area contributed by atoms with E-state index in [1.54, 1.807) is 13.1 Å². The summed E-state index contributed by atoms with van der Waals surface area (Å²) in [7, 11) is 3.07. The number of alkyl halides is 4. The van der Waals surface area contributed by atoms with Crippen molar-refractivity contribution in [2.24, 2.45) is 11.3 Å². The van der Waals surface area contributed by atoms with Crippen LogP contribution in [0.2, 0.25) is 0 Å². The van der Waals surface area contributed by atoms with Crippen LogP contribution in [0.5, 0.6) is 5.75 Å². The molecular weight excluding hydrogens is 556 g/mol.